The van der Waals surface area contributed by atoms with Crippen LogP contribution in [0.3, 0.4) is 0 Å². The largest absolute Gasteiger partial charge is 0.494 e. The van der Waals surface area contributed by atoms with E-state index in [0.717, 1.165) is 0 Å². The van der Waals surface area contributed by atoms with E-state index >= 15 is 0 Å². The highest BCUT2D eigenvalue weighted by molar-refractivity contribution is 7.99. The minimum absolute atomic E-state index is 0.217. The maximum absolute atomic E-state index is 11.9. The van der Waals surface area contributed by atoms with Crippen molar-refractivity contribution in [2.24, 2.45) is 0 Å². The van der Waals surface area contributed by atoms with Crippen LogP contribution in [0.5, 0.6) is 11.5 Å². The van der Waals surface area contributed by atoms with Crippen LogP contribution < -0.4 is 19.8 Å². The standard InChI is InChI=1S/C20H19N5O3S/c1-27-14-7-5-8-15(28-2)18(14)25-19(12-6-4-9-17(26)21-12)22-13-10-11-16(24-29-3)23-20(13)25/h4-11H,1-3H3,(H,21,26)(H,23,24). The molecular weight excluding hydrogens is 390 g/mol. The van der Waals surface area contributed by atoms with Crippen LogP contribution in [-0.2, 0) is 0 Å². The number of benzene rings is 1. The van der Waals surface area contributed by atoms with Gasteiger partial charge in [-0.05, 0) is 30.3 Å². The Bertz CT molecular complexity index is 1210. The summed E-state index contributed by atoms with van der Waals surface area (Å²) in [5.41, 5.74) is 2.26. The molecule has 0 bridgehead atoms. The number of methoxy groups -OCH3 is 2. The summed E-state index contributed by atoms with van der Waals surface area (Å²) in [4.78, 5) is 24.2. The summed E-state index contributed by atoms with van der Waals surface area (Å²) in [5, 5.41) is 0. The Hall–Kier alpha value is -3.46. The number of nitrogens with one attached hydrogen (secondary N) is 2. The fraction of sp³-hybridized carbons (Fsp3) is 0.150. The van der Waals surface area contributed by atoms with E-state index < -0.39 is 0 Å². The molecule has 1 aromatic carbocycles. The van der Waals surface area contributed by atoms with Gasteiger partial charge in [0.05, 0.1) is 19.9 Å². The summed E-state index contributed by atoms with van der Waals surface area (Å²) in [6.45, 7) is 0. The first kappa shape index (κ1) is 18.9. The van der Waals surface area contributed by atoms with E-state index in [-0.39, 0.29) is 5.56 Å². The first-order chi connectivity index (χ1) is 14.2. The van der Waals surface area contributed by atoms with E-state index in [9.17, 15) is 4.79 Å². The maximum Gasteiger partial charge on any atom is 0.248 e. The van der Waals surface area contributed by atoms with E-state index in [0.29, 0.717) is 45.7 Å². The van der Waals surface area contributed by atoms with Gasteiger partial charge in [-0.2, -0.15) is 0 Å². The van der Waals surface area contributed by atoms with Gasteiger partial charge in [0.25, 0.3) is 0 Å². The normalized spacial score (nSPS) is 10.9. The molecule has 0 fully saturated rings. The molecule has 0 spiro atoms. The molecule has 0 saturated heterocycles. The average molecular weight is 409 g/mol. The second-order valence-electron chi connectivity index (χ2n) is 6.06. The van der Waals surface area contributed by atoms with Crippen molar-refractivity contribution >= 4 is 28.9 Å². The molecule has 0 aliphatic carbocycles. The smallest absolute Gasteiger partial charge is 0.248 e. The van der Waals surface area contributed by atoms with Crippen molar-refractivity contribution < 1.29 is 9.47 Å². The Morgan fingerprint density at radius 2 is 1.72 bits per heavy atom. The molecule has 148 valence electrons. The number of fused-ring (bicyclic) bond motifs is 1. The van der Waals surface area contributed by atoms with Gasteiger partial charge in [-0.25, -0.2) is 9.97 Å². The van der Waals surface area contributed by atoms with Gasteiger partial charge < -0.3 is 19.2 Å². The number of anilines is 1. The minimum Gasteiger partial charge on any atom is -0.494 e. The van der Waals surface area contributed by atoms with Crippen molar-refractivity contribution in [2.45, 2.75) is 0 Å². The van der Waals surface area contributed by atoms with Crippen molar-refractivity contribution in [3.05, 3.63) is 58.9 Å². The lowest BCUT2D eigenvalue weighted by molar-refractivity contribution is 0.391. The summed E-state index contributed by atoms with van der Waals surface area (Å²) in [7, 11) is 3.19. The molecule has 0 saturated carbocycles. The van der Waals surface area contributed by atoms with Crippen LogP contribution in [0.15, 0.2) is 53.3 Å². The van der Waals surface area contributed by atoms with Gasteiger partial charge >= 0.3 is 0 Å². The lowest BCUT2D eigenvalue weighted by Gasteiger charge is -2.16. The van der Waals surface area contributed by atoms with Crippen molar-refractivity contribution in [3.63, 3.8) is 0 Å². The summed E-state index contributed by atoms with van der Waals surface area (Å²) in [6.07, 6.45) is 1.92. The number of aromatic nitrogens is 4. The summed E-state index contributed by atoms with van der Waals surface area (Å²) in [6, 6.07) is 14.2. The fourth-order valence-electron chi connectivity index (χ4n) is 3.14. The van der Waals surface area contributed by atoms with Gasteiger partial charge in [-0.15, -0.1) is 0 Å². The lowest BCUT2D eigenvalue weighted by atomic mass is 10.2. The number of imidazole rings is 1. The second kappa shape index (κ2) is 7.88. The number of H-pyrrole nitrogens is 1. The third kappa shape index (κ3) is 3.40. The number of nitrogens with zero attached hydrogens (tertiary/aromatic N) is 3. The third-order valence-corrected chi connectivity index (χ3v) is 4.76. The van der Waals surface area contributed by atoms with Gasteiger partial charge in [-0.3, -0.25) is 9.36 Å². The lowest BCUT2D eigenvalue weighted by Crippen LogP contribution is -2.08. The molecule has 8 nitrogen and oxygen atoms in total. The molecule has 2 N–H and O–H groups in total. The number of para-hydroxylation sites is 1. The maximum atomic E-state index is 11.9. The Morgan fingerprint density at radius 1 is 1.00 bits per heavy atom. The zero-order chi connectivity index (χ0) is 20.4. The van der Waals surface area contributed by atoms with Crippen LogP contribution in [0.1, 0.15) is 0 Å². The highest BCUT2D eigenvalue weighted by Crippen LogP contribution is 2.37. The van der Waals surface area contributed by atoms with E-state index in [1.807, 2.05) is 41.2 Å². The molecule has 29 heavy (non-hydrogen) atoms. The van der Waals surface area contributed by atoms with Gasteiger partial charge in [-0.1, -0.05) is 24.1 Å². The molecule has 0 amide bonds. The molecule has 0 radical (unpaired) electrons. The number of rotatable bonds is 6. The first-order valence-electron chi connectivity index (χ1n) is 8.76. The molecular formula is C20H19N5O3S. The van der Waals surface area contributed by atoms with E-state index in [4.69, 9.17) is 19.4 Å². The van der Waals surface area contributed by atoms with E-state index in [2.05, 4.69) is 9.71 Å². The predicted molar refractivity (Wildman–Crippen MR) is 115 cm³/mol. The van der Waals surface area contributed by atoms with Gasteiger partial charge in [0.15, 0.2) is 11.5 Å². The van der Waals surface area contributed by atoms with Crippen molar-refractivity contribution in [3.8, 4) is 28.7 Å². The quantitative estimate of drug-likeness (QED) is 0.471. The van der Waals surface area contributed by atoms with Gasteiger partial charge in [0.2, 0.25) is 5.56 Å². The highest BCUT2D eigenvalue weighted by atomic mass is 32.2. The Labute approximate surface area is 171 Å². The van der Waals surface area contributed by atoms with Crippen LogP contribution in [-0.4, -0.2) is 40.0 Å². The zero-order valence-corrected chi connectivity index (χ0v) is 16.9. The third-order valence-electron chi connectivity index (χ3n) is 4.35. The number of hydrogen-bond donors (Lipinski definition) is 2. The van der Waals surface area contributed by atoms with Gasteiger partial charge in [0, 0.05) is 12.3 Å². The molecule has 3 aromatic heterocycles. The number of ether oxygens (including phenoxy) is 2. The average Bonchev–Trinajstić information content (AvgIpc) is 3.11. The van der Waals surface area contributed by atoms with Crippen LogP contribution in [0.4, 0.5) is 5.82 Å². The van der Waals surface area contributed by atoms with Crippen molar-refractivity contribution in [2.75, 3.05) is 25.2 Å². The molecule has 0 unspecified atom stereocenters. The first-order valence-corrected chi connectivity index (χ1v) is 9.98. The molecule has 0 atom stereocenters. The molecule has 4 aromatic rings. The van der Waals surface area contributed by atoms with Crippen LogP contribution >= 0.6 is 11.9 Å². The van der Waals surface area contributed by atoms with Gasteiger partial charge in [0.1, 0.15) is 28.5 Å². The number of pyridine rings is 2. The van der Waals surface area contributed by atoms with E-state index in [1.54, 1.807) is 26.4 Å². The molecule has 3 heterocycles. The SMILES string of the molecule is COc1cccc(OC)c1-n1c(-c2cccc(=O)[nH]2)nc2ccc(NSC)nc21. The fourth-order valence-corrected chi connectivity index (χ4v) is 3.46. The molecule has 4 rings (SSSR count). The molecule has 9 heteroatoms. The number of hydrogen-bond acceptors (Lipinski definition) is 7. The van der Waals surface area contributed by atoms with E-state index in [1.165, 1.54) is 18.0 Å². The van der Waals surface area contributed by atoms with Crippen LogP contribution in [0, 0.1) is 0 Å². The predicted octanol–water partition coefficient (Wildman–Crippen LogP) is 3.48. The summed E-state index contributed by atoms with van der Waals surface area (Å²) >= 11 is 1.45. The molecule has 0 aliphatic rings. The highest BCUT2D eigenvalue weighted by Gasteiger charge is 2.22. The number of aromatic amines is 1. The minimum atomic E-state index is -0.217. The van der Waals surface area contributed by atoms with Crippen LogP contribution in [0.25, 0.3) is 28.4 Å². The molecule has 0 aliphatic heterocycles. The second-order valence-corrected chi connectivity index (χ2v) is 6.67. The van der Waals surface area contributed by atoms with Crippen LogP contribution in [0.2, 0.25) is 0 Å². The Kier molecular flexibility index (Phi) is 5.13. The summed E-state index contributed by atoms with van der Waals surface area (Å²) in [5.74, 6) is 2.39. The topological polar surface area (TPSA) is 94.1 Å². The monoisotopic (exact) mass is 409 g/mol. The Morgan fingerprint density at radius 3 is 2.38 bits per heavy atom. The van der Waals surface area contributed by atoms with Crippen molar-refractivity contribution in [1.82, 2.24) is 19.5 Å². The zero-order valence-electron chi connectivity index (χ0n) is 16.1. The van der Waals surface area contributed by atoms with Crippen molar-refractivity contribution in [1.29, 1.82) is 0 Å². The Balaban J connectivity index is 2.11. The summed E-state index contributed by atoms with van der Waals surface area (Å²) < 4.78 is 16.2.